The molecule has 0 N–H and O–H groups in total. The van der Waals surface area contributed by atoms with Crippen LogP contribution in [0.5, 0.6) is 11.5 Å². The number of aryl methyl sites for hydroxylation is 1. The summed E-state index contributed by atoms with van der Waals surface area (Å²) in [4.78, 5) is 32.6. The molecule has 0 aromatic heterocycles. The Balaban J connectivity index is 1.48. The van der Waals surface area contributed by atoms with Gasteiger partial charge in [-0.2, -0.15) is 0 Å². The number of amidine groups is 1. The molecular formula is C27H22N2O4S. The molecule has 1 unspecified atom stereocenters. The third-order valence-corrected chi connectivity index (χ3v) is 6.58. The second-order valence-electron chi connectivity index (χ2n) is 8.00. The third kappa shape index (κ3) is 4.34. The second-order valence-corrected chi connectivity index (χ2v) is 9.31. The SMILES string of the molecule is Cc1ccc(N2C(=O)/C(=C/c3ccc4c(c3)OCO4)N=C2SC(C)C(=O)c2ccccc2)cc1. The number of hydrogen-bond acceptors (Lipinski definition) is 6. The summed E-state index contributed by atoms with van der Waals surface area (Å²) in [5.41, 5.74) is 3.49. The van der Waals surface area contributed by atoms with Gasteiger partial charge in [0.2, 0.25) is 6.79 Å². The molecule has 34 heavy (non-hydrogen) atoms. The van der Waals surface area contributed by atoms with Crippen LogP contribution in [0.1, 0.15) is 28.4 Å². The van der Waals surface area contributed by atoms with Gasteiger partial charge in [-0.3, -0.25) is 14.5 Å². The van der Waals surface area contributed by atoms with E-state index in [2.05, 4.69) is 4.99 Å². The van der Waals surface area contributed by atoms with Crippen LogP contribution in [0.15, 0.2) is 83.5 Å². The summed E-state index contributed by atoms with van der Waals surface area (Å²) in [5, 5.41) is 0.0458. The van der Waals surface area contributed by atoms with Gasteiger partial charge in [0.25, 0.3) is 5.91 Å². The van der Waals surface area contributed by atoms with Crippen molar-refractivity contribution in [2.75, 3.05) is 11.7 Å². The molecule has 0 radical (unpaired) electrons. The smallest absolute Gasteiger partial charge is 0.283 e. The first kappa shape index (κ1) is 22.0. The first-order valence-electron chi connectivity index (χ1n) is 10.9. The van der Waals surface area contributed by atoms with Crippen molar-refractivity contribution in [1.29, 1.82) is 0 Å². The Kier molecular flexibility index (Phi) is 5.94. The van der Waals surface area contributed by atoms with Gasteiger partial charge < -0.3 is 9.47 Å². The number of aliphatic imine (C=N–C) groups is 1. The number of Topliss-reactive ketones (excluding diaryl/α,β-unsaturated/α-hetero) is 1. The van der Waals surface area contributed by atoms with E-state index < -0.39 is 5.25 Å². The molecule has 5 rings (SSSR count). The van der Waals surface area contributed by atoms with Crippen LogP contribution in [0.25, 0.3) is 6.08 Å². The lowest BCUT2D eigenvalue weighted by Crippen LogP contribution is -2.32. The number of amides is 1. The average molecular weight is 471 g/mol. The normalized spacial score (nSPS) is 16.6. The summed E-state index contributed by atoms with van der Waals surface area (Å²) >= 11 is 1.28. The molecule has 0 saturated heterocycles. The number of thioether (sulfide) groups is 1. The first-order chi connectivity index (χ1) is 16.5. The largest absolute Gasteiger partial charge is 0.454 e. The molecule has 0 spiro atoms. The highest BCUT2D eigenvalue weighted by molar-refractivity contribution is 8.15. The molecule has 170 valence electrons. The zero-order valence-electron chi connectivity index (χ0n) is 18.7. The molecule has 1 amide bonds. The van der Waals surface area contributed by atoms with Gasteiger partial charge in [-0.15, -0.1) is 0 Å². The highest BCUT2D eigenvalue weighted by Crippen LogP contribution is 2.35. The van der Waals surface area contributed by atoms with Crippen molar-refractivity contribution in [1.82, 2.24) is 0 Å². The number of carbonyl (C=O) groups excluding carboxylic acids is 2. The summed E-state index contributed by atoms with van der Waals surface area (Å²) in [6.45, 7) is 4.01. The van der Waals surface area contributed by atoms with E-state index in [1.54, 1.807) is 23.1 Å². The van der Waals surface area contributed by atoms with Crippen molar-refractivity contribution in [3.05, 3.63) is 95.2 Å². The first-order valence-corrected chi connectivity index (χ1v) is 11.7. The van der Waals surface area contributed by atoms with Gasteiger partial charge in [0.05, 0.1) is 10.9 Å². The van der Waals surface area contributed by atoms with Gasteiger partial charge in [-0.05, 0) is 49.8 Å². The topological polar surface area (TPSA) is 68.2 Å². The maximum atomic E-state index is 13.4. The second kappa shape index (κ2) is 9.19. The molecule has 6 nitrogen and oxygen atoms in total. The minimum atomic E-state index is -0.424. The molecule has 7 heteroatoms. The molecule has 0 fully saturated rings. The van der Waals surface area contributed by atoms with E-state index in [4.69, 9.17) is 9.47 Å². The van der Waals surface area contributed by atoms with Gasteiger partial charge in [-0.25, -0.2) is 4.99 Å². The van der Waals surface area contributed by atoms with Crippen LogP contribution in [0.3, 0.4) is 0 Å². The highest BCUT2D eigenvalue weighted by atomic mass is 32.2. The van der Waals surface area contributed by atoms with Crippen molar-refractivity contribution < 1.29 is 19.1 Å². The standard InChI is InChI=1S/C27H22N2O4S/c1-17-8-11-21(12-9-17)29-26(31)22(14-19-10-13-23-24(15-19)33-16-32-23)28-27(29)34-18(2)25(30)20-6-4-3-5-7-20/h3-15,18H,16H2,1-2H3/b22-14-. The van der Waals surface area contributed by atoms with Crippen LogP contribution in [0.4, 0.5) is 5.69 Å². The molecule has 0 saturated carbocycles. The fourth-order valence-corrected chi connectivity index (χ4v) is 4.71. The Hall–Kier alpha value is -3.84. The van der Waals surface area contributed by atoms with Crippen LogP contribution in [-0.4, -0.2) is 28.9 Å². The average Bonchev–Trinajstić information content (AvgIpc) is 3.44. The Bertz CT molecular complexity index is 1320. The fraction of sp³-hybridized carbons (Fsp3) is 0.148. The van der Waals surface area contributed by atoms with Gasteiger partial charge in [0.1, 0.15) is 5.70 Å². The van der Waals surface area contributed by atoms with E-state index >= 15 is 0 Å². The molecule has 0 aliphatic carbocycles. The predicted octanol–water partition coefficient (Wildman–Crippen LogP) is 5.47. The molecule has 3 aromatic rings. The Morgan fingerprint density at radius 3 is 2.53 bits per heavy atom. The molecule has 1 atom stereocenters. The highest BCUT2D eigenvalue weighted by Gasteiger charge is 2.34. The van der Waals surface area contributed by atoms with E-state index in [-0.39, 0.29) is 18.5 Å². The number of carbonyl (C=O) groups is 2. The quantitative estimate of drug-likeness (QED) is 0.365. The Morgan fingerprint density at radius 2 is 1.76 bits per heavy atom. The van der Waals surface area contributed by atoms with E-state index in [0.717, 1.165) is 11.1 Å². The minimum absolute atomic E-state index is 0.0159. The van der Waals surface area contributed by atoms with Gasteiger partial charge in [0.15, 0.2) is 22.4 Å². The van der Waals surface area contributed by atoms with Crippen molar-refractivity contribution >= 4 is 40.4 Å². The van der Waals surface area contributed by atoms with Crippen molar-refractivity contribution in [3.63, 3.8) is 0 Å². The molecule has 2 aliphatic heterocycles. The zero-order valence-corrected chi connectivity index (χ0v) is 19.5. The van der Waals surface area contributed by atoms with Gasteiger partial charge in [-0.1, -0.05) is 65.9 Å². The van der Waals surface area contributed by atoms with Gasteiger partial charge in [0, 0.05) is 5.56 Å². The lowest BCUT2D eigenvalue weighted by atomic mass is 10.1. The van der Waals surface area contributed by atoms with Crippen molar-refractivity contribution in [2.24, 2.45) is 4.99 Å². The van der Waals surface area contributed by atoms with E-state index in [0.29, 0.717) is 33.6 Å². The Labute approximate surface area is 201 Å². The number of rotatable bonds is 5. The number of benzene rings is 3. The number of nitrogens with zero attached hydrogens (tertiary/aromatic N) is 2. The van der Waals surface area contributed by atoms with Crippen LogP contribution in [0.2, 0.25) is 0 Å². The van der Waals surface area contributed by atoms with Crippen LogP contribution in [0, 0.1) is 6.92 Å². The fourth-order valence-electron chi connectivity index (χ4n) is 3.71. The van der Waals surface area contributed by atoms with Crippen molar-refractivity contribution in [2.45, 2.75) is 19.1 Å². The number of ketones is 1. The number of hydrogen-bond donors (Lipinski definition) is 0. The summed E-state index contributed by atoms with van der Waals surface area (Å²) in [5.74, 6) is 1.05. The van der Waals surface area contributed by atoms with Crippen LogP contribution >= 0.6 is 11.8 Å². The summed E-state index contributed by atoms with van der Waals surface area (Å²) in [6, 6.07) is 22.3. The minimum Gasteiger partial charge on any atom is -0.454 e. The zero-order chi connectivity index (χ0) is 23.7. The van der Waals surface area contributed by atoms with Crippen LogP contribution in [-0.2, 0) is 4.79 Å². The maximum Gasteiger partial charge on any atom is 0.283 e. The molecule has 2 heterocycles. The van der Waals surface area contributed by atoms with Crippen LogP contribution < -0.4 is 14.4 Å². The Morgan fingerprint density at radius 1 is 1.03 bits per heavy atom. The summed E-state index contributed by atoms with van der Waals surface area (Å²) < 4.78 is 10.8. The predicted molar refractivity (Wildman–Crippen MR) is 134 cm³/mol. The number of fused-ring (bicyclic) bond motifs is 1. The van der Waals surface area contributed by atoms with E-state index in [1.807, 2.05) is 74.5 Å². The molecule has 0 bridgehead atoms. The summed E-state index contributed by atoms with van der Waals surface area (Å²) in [7, 11) is 0. The lowest BCUT2D eigenvalue weighted by molar-refractivity contribution is -0.113. The molecule has 2 aliphatic rings. The molecule has 3 aromatic carbocycles. The lowest BCUT2D eigenvalue weighted by Gasteiger charge is -2.20. The summed E-state index contributed by atoms with van der Waals surface area (Å²) in [6.07, 6.45) is 1.72. The van der Waals surface area contributed by atoms with Gasteiger partial charge >= 0.3 is 0 Å². The monoisotopic (exact) mass is 470 g/mol. The van der Waals surface area contributed by atoms with E-state index in [9.17, 15) is 9.59 Å². The van der Waals surface area contributed by atoms with Crippen molar-refractivity contribution in [3.8, 4) is 11.5 Å². The third-order valence-electron chi connectivity index (χ3n) is 5.53. The molecular weight excluding hydrogens is 448 g/mol. The number of anilines is 1. The maximum absolute atomic E-state index is 13.4. The number of ether oxygens (including phenoxy) is 2. The van der Waals surface area contributed by atoms with E-state index in [1.165, 1.54) is 11.8 Å².